The molecule has 3 rings (SSSR count). The average molecular weight is 233 g/mol. The zero-order chi connectivity index (χ0) is 11.7. The van der Waals surface area contributed by atoms with Gasteiger partial charge in [0.1, 0.15) is 0 Å². The summed E-state index contributed by atoms with van der Waals surface area (Å²) in [5.74, 6) is 2.45. The molecule has 1 aromatic carbocycles. The lowest BCUT2D eigenvalue weighted by Crippen LogP contribution is -2.29. The summed E-state index contributed by atoms with van der Waals surface area (Å²) >= 11 is 0. The zero-order valence-electron chi connectivity index (χ0n) is 10.2. The van der Waals surface area contributed by atoms with E-state index in [1.54, 1.807) is 0 Å². The Morgan fingerprint density at radius 1 is 1.35 bits per heavy atom. The molecule has 1 N–H and O–H groups in total. The summed E-state index contributed by atoms with van der Waals surface area (Å²) in [6, 6.07) is 6.97. The molecule has 3 nitrogen and oxygen atoms in total. The van der Waals surface area contributed by atoms with Gasteiger partial charge >= 0.3 is 0 Å². The van der Waals surface area contributed by atoms with E-state index in [4.69, 9.17) is 9.47 Å². The summed E-state index contributed by atoms with van der Waals surface area (Å²) < 4.78 is 10.7. The highest BCUT2D eigenvalue weighted by Gasteiger charge is 2.22. The monoisotopic (exact) mass is 233 g/mol. The van der Waals surface area contributed by atoms with Crippen LogP contribution in [0, 0.1) is 5.92 Å². The molecule has 3 heteroatoms. The Bertz CT molecular complexity index is 399. The van der Waals surface area contributed by atoms with Gasteiger partial charge in [-0.2, -0.15) is 0 Å². The summed E-state index contributed by atoms with van der Waals surface area (Å²) in [6.07, 6.45) is 3.73. The number of nitrogens with one attached hydrogen (secondary N) is 1. The minimum absolute atomic E-state index is 0.360. The lowest BCUT2D eigenvalue weighted by molar-refractivity contribution is 0.174. The van der Waals surface area contributed by atoms with Crippen molar-refractivity contribution in [1.82, 2.24) is 5.32 Å². The van der Waals surface area contributed by atoms with Gasteiger partial charge in [0, 0.05) is 6.04 Å². The molecule has 0 bridgehead atoms. The van der Waals surface area contributed by atoms with Gasteiger partial charge < -0.3 is 14.8 Å². The number of hydrogen-bond acceptors (Lipinski definition) is 3. The highest BCUT2D eigenvalue weighted by atomic mass is 16.7. The first-order chi connectivity index (χ1) is 8.33. The predicted molar refractivity (Wildman–Crippen MR) is 66.5 cm³/mol. The average Bonchev–Trinajstić information content (AvgIpc) is 2.99. The van der Waals surface area contributed by atoms with Crippen molar-refractivity contribution in [2.45, 2.75) is 32.2 Å². The quantitative estimate of drug-likeness (QED) is 0.869. The first-order valence-corrected chi connectivity index (χ1v) is 6.45. The largest absolute Gasteiger partial charge is 0.454 e. The normalized spacial score (nSPS) is 23.9. The molecule has 17 heavy (non-hydrogen) atoms. The minimum atomic E-state index is 0.360. The second-order valence-electron chi connectivity index (χ2n) is 5.07. The minimum Gasteiger partial charge on any atom is -0.454 e. The molecule has 2 unspecified atom stereocenters. The lowest BCUT2D eigenvalue weighted by atomic mass is 9.93. The van der Waals surface area contributed by atoms with Crippen LogP contribution in [0.3, 0.4) is 0 Å². The van der Waals surface area contributed by atoms with E-state index in [1.807, 2.05) is 6.07 Å². The van der Waals surface area contributed by atoms with Crippen molar-refractivity contribution in [1.29, 1.82) is 0 Å². The smallest absolute Gasteiger partial charge is 0.231 e. The lowest BCUT2D eigenvalue weighted by Gasteiger charge is -2.19. The van der Waals surface area contributed by atoms with E-state index in [1.165, 1.54) is 24.9 Å². The molecule has 1 saturated heterocycles. The van der Waals surface area contributed by atoms with Gasteiger partial charge in [-0.1, -0.05) is 13.0 Å². The molecule has 2 aliphatic heterocycles. The van der Waals surface area contributed by atoms with Gasteiger partial charge in [-0.3, -0.25) is 0 Å². The number of rotatable bonds is 3. The maximum atomic E-state index is 5.41. The summed E-state index contributed by atoms with van der Waals surface area (Å²) in [4.78, 5) is 0. The maximum absolute atomic E-state index is 5.41. The Kier molecular flexibility index (Phi) is 2.93. The van der Waals surface area contributed by atoms with Gasteiger partial charge in [0.15, 0.2) is 11.5 Å². The van der Waals surface area contributed by atoms with E-state index in [-0.39, 0.29) is 0 Å². The molecule has 0 spiro atoms. The maximum Gasteiger partial charge on any atom is 0.231 e. The van der Waals surface area contributed by atoms with Gasteiger partial charge in [-0.25, -0.2) is 0 Å². The molecule has 0 aromatic heterocycles. The van der Waals surface area contributed by atoms with E-state index in [0.717, 1.165) is 17.9 Å². The second kappa shape index (κ2) is 4.57. The van der Waals surface area contributed by atoms with Crippen molar-refractivity contribution in [3.05, 3.63) is 23.8 Å². The molecule has 2 aliphatic rings. The van der Waals surface area contributed by atoms with Crippen LogP contribution in [0.4, 0.5) is 0 Å². The molecule has 0 radical (unpaired) electrons. The van der Waals surface area contributed by atoms with Crippen LogP contribution in [0.1, 0.15) is 25.3 Å². The first-order valence-electron chi connectivity index (χ1n) is 6.45. The fourth-order valence-electron chi connectivity index (χ4n) is 2.78. The molecule has 2 heterocycles. The Morgan fingerprint density at radius 2 is 2.24 bits per heavy atom. The summed E-state index contributed by atoms with van der Waals surface area (Å²) in [5.41, 5.74) is 1.34. The molecule has 0 amide bonds. The van der Waals surface area contributed by atoms with Gasteiger partial charge in [-0.15, -0.1) is 0 Å². The van der Waals surface area contributed by atoms with E-state index >= 15 is 0 Å². The number of benzene rings is 1. The van der Waals surface area contributed by atoms with Crippen LogP contribution in [-0.2, 0) is 6.42 Å². The highest BCUT2D eigenvalue weighted by Crippen LogP contribution is 2.33. The molecular weight excluding hydrogens is 214 g/mol. The van der Waals surface area contributed by atoms with E-state index in [2.05, 4.69) is 24.4 Å². The summed E-state index contributed by atoms with van der Waals surface area (Å²) in [7, 11) is 0. The van der Waals surface area contributed by atoms with E-state index in [9.17, 15) is 0 Å². The van der Waals surface area contributed by atoms with Crippen LogP contribution < -0.4 is 14.8 Å². The van der Waals surface area contributed by atoms with Crippen LogP contribution in [-0.4, -0.2) is 19.4 Å². The van der Waals surface area contributed by atoms with Crippen LogP contribution >= 0.6 is 0 Å². The van der Waals surface area contributed by atoms with Gasteiger partial charge in [0.25, 0.3) is 0 Å². The molecule has 92 valence electrons. The Labute approximate surface area is 102 Å². The van der Waals surface area contributed by atoms with Crippen LogP contribution in [0.5, 0.6) is 11.5 Å². The SMILES string of the molecule is CC(Cc1ccc2c(c1)OCO2)C1CCCN1. The van der Waals surface area contributed by atoms with Crippen molar-refractivity contribution < 1.29 is 9.47 Å². The third-order valence-corrected chi connectivity index (χ3v) is 3.78. The molecular formula is C14H19NO2. The van der Waals surface area contributed by atoms with Gasteiger partial charge in [0.05, 0.1) is 0 Å². The topological polar surface area (TPSA) is 30.5 Å². The molecule has 2 atom stereocenters. The highest BCUT2D eigenvalue weighted by molar-refractivity contribution is 5.44. The van der Waals surface area contributed by atoms with E-state index < -0.39 is 0 Å². The third-order valence-electron chi connectivity index (χ3n) is 3.78. The fraction of sp³-hybridized carbons (Fsp3) is 0.571. The van der Waals surface area contributed by atoms with Crippen LogP contribution in [0.15, 0.2) is 18.2 Å². The van der Waals surface area contributed by atoms with Crippen molar-refractivity contribution in [3.63, 3.8) is 0 Å². The Balaban J connectivity index is 1.68. The number of ether oxygens (including phenoxy) is 2. The zero-order valence-corrected chi connectivity index (χ0v) is 10.2. The third kappa shape index (κ3) is 2.25. The van der Waals surface area contributed by atoms with Gasteiger partial charge in [0.2, 0.25) is 6.79 Å². The van der Waals surface area contributed by atoms with Crippen LogP contribution in [0.25, 0.3) is 0 Å². The van der Waals surface area contributed by atoms with Crippen molar-refractivity contribution >= 4 is 0 Å². The van der Waals surface area contributed by atoms with Crippen molar-refractivity contribution in [2.24, 2.45) is 5.92 Å². The predicted octanol–water partition coefficient (Wildman–Crippen LogP) is 2.35. The molecule has 1 aromatic rings. The number of fused-ring (bicyclic) bond motifs is 1. The standard InChI is InChI=1S/C14H19NO2/c1-10(12-3-2-6-15-12)7-11-4-5-13-14(8-11)17-9-16-13/h4-5,8,10,12,15H,2-3,6-7,9H2,1H3. The van der Waals surface area contributed by atoms with Crippen molar-refractivity contribution in [2.75, 3.05) is 13.3 Å². The Hall–Kier alpha value is -1.22. The number of hydrogen-bond donors (Lipinski definition) is 1. The summed E-state index contributed by atoms with van der Waals surface area (Å²) in [6.45, 7) is 3.86. The second-order valence-corrected chi connectivity index (χ2v) is 5.07. The first kappa shape index (κ1) is 10.9. The Morgan fingerprint density at radius 3 is 3.06 bits per heavy atom. The molecule has 0 aliphatic carbocycles. The summed E-state index contributed by atoms with van der Waals surface area (Å²) in [5, 5.41) is 3.57. The van der Waals surface area contributed by atoms with Gasteiger partial charge in [-0.05, 0) is 49.4 Å². The molecule has 1 fully saturated rings. The van der Waals surface area contributed by atoms with E-state index in [0.29, 0.717) is 18.8 Å². The fourth-order valence-corrected chi connectivity index (χ4v) is 2.78. The van der Waals surface area contributed by atoms with Crippen molar-refractivity contribution in [3.8, 4) is 11.5 Å². The van der Waals surface area contributed by atoms with Crippen LogP contribution in [0.2, 0.25) is 0 Å². The molecule has 0 saturated carbocycles.